The molecule has 0 aliphatic heterocycles. The van der Waals surface area contributed by atoms with Crippen LogP contribution in [0.1, 0.15) is 0 Å². The number of sulfonamides is 1. The summed E-state index contributed by atoms with van der Waals surface area (Å²) in [5.41, 5.74) is 2.33. The van der Waals surface area contributed by atoms with Crippen LogP contribution in [0.25, 0.3) is 0 Å². The Labute approximate surface area is 119 Å². The van der Waals surface area contributed by atoms with Gasteiger partial charge in [-0.1, -0.05) is 11.6 Å². The first kappa shape index (κ1) is 14.5. The van der Waals surface area contributed by atoms with Crippen LogP contribution in [-0.2, 0) is 10.0 Å². The highest BCUT2D eigenvalue weighted by Gasteiger charge is 2.20. The molecule has 1 aromatic heterocycles. The minimum absolute atomic E-state index is 0.0105. The Hall–Kier alpha value is -1.90. The molecule has 0 unspecified atom stereocenters. The number of aromatic nitrogens is 1. The van der Waals surface area contributed by atoms with Gasteiger partial charge in [-0.2, -0.15) is 8.42 Å². The van der Waals surface area contributed by atoms with Crippen LogP contribution in [0.4, 0.5) is 15.8 Å². The molecule has 0 amide bonds. The zero-order valence-corrected chi connectivity index (χ0v) is 11.5. The molecule has 106 valence electrons. The molecule has 1 heterocycles. The van der Waals surface area contributed by atoms with Crippen molar-refractivity contribution in [2.24, 2.45) is 5.84 Å². The minimum Gasteiger partial charge on any atom is -0.321 e. The summed E-state index contributed by atoms with van der Waals surface area (Å²) in [5.74, 6) is 4.57. The summed E-state index contributed by atoms with van der Waals surface area (Å²) in [6.45, 7) is 0. The number of nitrogens with one attached hydrogen (secondary N) is 2. The van der Waals surface area contributed by atoms with Gasteiger partial charge in [0.05, 0.1) is 11.4 Å². The summed E-state index contributed by atoms with van der Waals surface area (Å²) < 4.78 is 39.7. The second-order valence-corrected chi connectivity index (χ2v) is 5.80. The van der Waals surface area contributed by atoms with E-state index in [1.807, 2.05) is 0 Å². The van der Waals surface area contributed by atoms with E-state index < -0.39 is 15.8 Å². The molecule has 0 saturated carbocycles. The van der Waals surface area contributed by atoms with Crippen LogP contribution in [0.15, 0.2) is 41.6 Å². The number of rotatable bonds is 4. The summed E-state index contributed by atoms with van der Waals surface area (Å²) in [4.78, 5) is 3.74. The molecule has 0 fully saturated rings. The SMILES string of the molecule is NNc1cccnc1S(=O)(=O)Nc1cc(F)cc(Cl)c1. The number of hydrazine groups is 1. The number of nitrogens with zero attached hydrogens (tertiary/aromatic N) is 1. The van der Waals surface area contributed by atoms with Gasteiger partial charge >= 0.3 is 0 Å². The molecule has 0 aliphatic carbocycles. The molecule has 6 nitrogen and oxygen atoms in total. The number of hydrogen-bond acceptors (Lipinski definition) is 5. The fourth-order valence-electron chi connectivity index (χ4n) is 1.53. The predicted molar refractivity (Wildman–Crippen MR) is 74.3 cm³/mol. The van der Waals surface area contributed by atoms with E-state index in [0.717, 1.165) is 12.1 Å². The lowest BCUT2D eigenvalue weighted by molar-refractivity contribution is 0.598. The summed E-state index contributed by atoms with van der Waals surface area (Å²) >= 11 is 5.66. The van der Waals surface area contributed by atoms with Crippen LogP contribution >= 0.6 is 11.6 Å². The second kappa shape index (κ2) is 5.61. The van der Waals surface area contributed by atoms with Crippen molar-refractivity contribution in [2.75, 3.05) is 10.1 Å². The number of nitrogen functional groups attached to an aromatic ring is 1. The van der Waals surface area contributed by atoms with E-state index in [1.54, 1.807) is 0 Å². The second-order valence-electron chi connectivity index (χ2n) is 3.76. The Kier molecular flexibility index (Phi) is 4.07. The molecule has 0 saturated heterocycles. The summed E-state index contributed by atoms with van der Waals surface area (Å²) in [6, 6.07) is 6.31. The van der Waals surface area contributed by atoms with Gasteiger partial charge in [0.25, 0.3) is 10.0 Å². The summed E-state index contributed by atoms with van der Waals surface area (Å²) in [6.07, 6.45) is 1.30. The van der Waals surface area contributed by atoms with Gasteiger partial charge in [0.1, 0.15) is 5.82 Å². The normalized spacial score (nSPS) is 11.2. The smallest absolute Gasteiger partial charge is 0.281 e. The third-order valence-electron chi connectivity index (χ3n) is 2.30. The lowest BCUT2D eigenvalue weighted by Crippen LogP contribution is -2.19. The Morgan fingerprint density at radius 3 is 2.70 bits per heavy atom. The van der Waals surface area contributed by atoms with Crippen LogP contribution < -0.4 is 16.0 Å². The van der Waals surface area contributed by atoms with E-state index in [1.165, 1.54) is 24.4 Å². The number of hydrogen-bond donors (Lipinski definition) is 3. The average Bonchev–Trinajstić information content (AvgIpc) is 2.36. The van der Waals surface area contributed by atoms with Crippen LogP contribution in [-0.4, -0.2) is 13.4 Å². The summed E-state index contributed by atoms with van der Waals surface area (Å²) in [7, 11) is -4.02. The third-order valence-corrected chi connectivity index (χ3v) is 3.85. The molecule has 9 heteroatoms. The van der Waals surface area contributed by atoms with Gasteiger partial charge in [-0.3, -0.25) is 10.6 Å². The largest absolute Gasteiger partial charge is 0.321 e. The van der Waals surface area contributed by atoms with Crippen molar-refractivity contribution in [3.63, 3.8) is 0 Å². The fraction of sp³-hybridized carbons (Fsp3) is 0. The molecule has 2 aromatic rings. The Balaban J connectivity index is 2.41. The van der Waals surface area contributed by atoms with E-state index in [0.29, 0.717) is 0 Å². The van der Waals surface area contributed by atoms with Crippen molar-refractivity contribution in [3.8, 4) is 0 Å². The molecule has 0 bridgehead atoms. The van der Waals surface area contributed by atoms with Crippen molar-refractivity contribution in [1.82, 2.24) is 4.98 Å². The van der Waals surface area contributed by atoms with E-state index in [4.69, 9.17) is 17.4 Å². The number of pyridine rings is 1. The lowest BCUT2D eigenvalue weighted by atomic mass is 10.3. The van der Waals surface area contributed by atoms with Crippen LogP contribution in [0, 0.1) is 5.82 Å². The Bertz CT molecular complexity index is 719. The summed E-state index contributed by atoms with van der Waals surface area (Å²) in [5, 5.41) is -0.233. The van der Waals surface area contributed by atoms with Gasteiger partial charge < -0.3 is 5.43 Å². The van der Waals surface area contributed by atoms with Gasteiger partial charge in [0.2, 0.25) is 5.03 Å². The average molecular weight is 317 g/mol. The first-order valence-corrected chi connectivity index (χ1v) is 7.19. The molecule has 4 N–H and O–H groups in total. The zero-order valence-electron chi connectivity index (χ0n) is 9.97. The molecule has 0 aliphatic rings. The zero-order chi connectivity index (χ0) is 14.8. The van der Waals surface area contributed by atoms with Gasteiger partial charge in [-0.05, 0) is 30.3 Å². The van der Waals surface area contributed by atoms with Crippen LogP contribution in [0.5, 0.6) is 0 Å². The van der Waals surface area contributed by atoms with Crippen molar-refractivity contribution in [1.29, 1.82) is 0 Å². The van der Waals surface area contributed by atoms with E-state index in [-0.39, 0.29) is 21.4 Å². The highest BCUT2D eigenvalue weighted by Crippen LogP contribution is 2.23. The Morgan fingerprint density at radius 1 is 1.30 bits per heavy atom. The highest BCUT2D eigenvalue weighted by molar-refractivity contribution is 7.92. The molecule has 2 rings (SSSR count). The first-order valence-electron chi connectivity index (χ1n) is 5.33. The monoisotopic (exact) mass is 316 g/mol. The van der Waals surface area contributed by atoms with Crippen molar-refractivity contribution in [2.45, 2.75) is 5.03 Å². The number of halogens is 2. The maximum absolute atomic E-state index is 13.2. The van der Waals surface area contributed by atoms with Crippen molar-refractivity contribution < 1.29 is 12.8 Å². The van der Waals surface area contributed by atoms with E-state index >= 15 is 0 Å². The van der Waals surface area contributed by atoms with Crippen LogP contribution in [0.3, 0.4) is 0 Å². The predicted octanol–water partition coefficient (Wildman–Crippen LogP) is 1.96. The highest BCUT2D eigenvalue weighted by atomic mass is 35.5. The molecule has 0 atom stereocenters. The van der Waals surface area contributed by atoms with Gasteiger partial charge in [-0.25, -0.2) is 9.37 Å². The van der Waals surface area contributed by atoms with Gasteiger partial charge in [0, 0.05) is 11.2 Å². The quantitative estimate of drug-likeness (QED) is 0.592. The third kappa shape index (κ3) is 3.16. The fourth-order valence-corrected chi connectivity index (χ4v) is 2.89. The Morgan fingerprint density at radius 2 is 2.05 bits per heavy atom. The van der Waals surface area contributed by atoms with Gasteiger partial charge in [-0.15, -0.1) is 0 Å². The van der Waals surface area contributed by atoms with Crippen LogP contribution in [0.2, 0.25) is 5.02 Å². The lowest BCUT2D eigenvalue weighted by Gasteiger charge is -2.11. The van der Waals surface area contributed by atoms with E-state index in [2.05, 4.69) is 15.1 Å². The standard InChI is InChI=1S/C11H10ClFN4O2S/c12-7-4-8(13)6-9(5-7)17-20(18,19)11-10(16-14)2-1-3-15-11/h1-6,16-17H,14H2. The molecular weight excluding hydrogens is 307 g/mol. The molecule has 0 spiro atoms. The van der Waals surface area contributed by atoms with Gasteiger partial charge in [0.15, 0.2) is 0 Å². The number of anilines is 2. The first-order chi connectivity index (χ1) is 9.42. The maximum Gasteiger partial charge on any atom is 0.281 e. The van der Waals surface area contributed by atoms with E-state index in [9.17, 15) is 12.8 Å². The van der Waals surface area contributed by atoms with Crippen molar-refractivity contribution in [3.05, 3.63) is 47.4 Å². The molecule has 20 heavy (non-hydrogen) atoms. The minimum atomic E-state index is -4.02. The molecule has 1 aromatic carbocycles. The topological polar surface area (TPSA) is 97.1 Å². The number of benzene rings is 1. The molecular formula is C11H10ClFN4O2S. The van der Waals surface area contributed by atoms with Crippen molar-refractivity contribution >= 4 is 33.0 Å². The molecule has 0 radical (unpaired) electrons. The number of nitrogens with two attached hydrogens (primary N) is 1. The maximum atomic E-state index is 13.2.